The summed E-state index contributed by atoms with van der Waals surface area (Å²) in [6, 6.07) is 10.6. The van der Waals surface area contributed by atoms with E-state index in [9.17, 15) is 18.8 Å². The van der Waals surface area contributed by atoms with Crippen molar-refractivity contribution in [2.75, 3.05) is 6.54 Å². The van der Waals surface area contributed by atoms with E-state index in [4.69, 9.17) is 0 Å². The van der Waals surface area contributed by atoms with Crippen molar-refractivity contribution in [3.8, 4) is 0 Å². The maximum atomic E-state index is 13.4. The zero-order chi connectivity index (χ0) is 23.5. The lowest BCUT2D eigenvalue weighted by atomic mass is 9.85. The van der Waals surface area contributed by atoms with E-state index in [0.717, 1.165) is 28.0 Å². The summed E-state index contributed by atoms with van der Waals surface area (Å²) in [5.41, 5.74) is 2.45. The smallest absolute Gasteiger partial charge is 0.325 e. The third kappa shape index (κ3) is 4.66. The summed E-state index contributed by atoms with van der Waals surface area (Å²) in [6.07, 6.45) is 1.88. The molecule has 0 saturated carbocycles. The van der Waals surface area contributed by atoms with Gasteiger partial charge in [-0.1, -0.05) is 50.1 Å². The van der Waals surface area contributed by atoms with Gasteiger partial charge in [0.05, 0.1) is 6.04 Å². The lowest BCUT2D eigenvalue weighted by molar-refractivity contribution is -0.135. The van der Waals surface area contributed by atoms with Gasteiger partial charge in [0.2, 0.25) is 5.91 Å². The first kappa shape index (κ1) is 23.4. The Bertz CT molecular complexity index is 1020. The summed E-state index contributed by atoms with van der Waals surface area (Å²) in [5.74, 6) is -1.34. The van der Waals surface area contributed by atoms with Crippen LogP contribution in [0, 0.1) is 19.7 Å². The van der Waals surface area contributed by atoms with Crippen LogP contribution in [0.25, 0.3) is 0 Å². The minimum absolute atomic E-state index is 0.274. The van der Waals surface area contributed by atoms with Crippen molar-refractivity contribution in [1.82, 2.24) is 15.5 Å². The molecule has 32 heavy (non-hydrogen) atoms. The standard InChI is InChI=1S/C25H30FN3O3/c1-5-6-13-25(20-9-11-21(26)12-10-20)23(31)29(24(32)28-25)15-22(30)27-18(4)19-8-7-16(2)17(3)14-19/h7-12,14,18H,5-6,13,15H2,1-4H3,(H,27,30)(H,28,32). The molecule has 1 aliphatic rings. The van der Waals surface area contributed by atoms with Gasteiger partial charge in [-0.3, -0.25) is 14.5 Å². The molecule has 2 atom stereocenters. The Morgan fingerprint density at radius 3 is 2.44 bits per heavy atom. The minimum atomic E-state index is -1.29. The van der Waals surface area contributed by atoms with Crippen LogP contribution in [0.4, 0.5) is 9.18 Å². The molecule has 4 amide bonds. The van der Waals surface area contributed by atoms with E-state index in [0.29, 0.717) is 18.4 Å². The molecule has 3 rings (SSSR count). The van der Waals surface area contributed by atoms with E-state index in [-0.39, 0.29) is 12.6 Å². The number of unbranched alkanes of at least 4 members (excludes halogenated alkanes) is 1. The number of aryl methyl sites for hydroxylation is 2. The summed E-state index contributed by atoms with van der Waals surface area (Å²) >= 11 is 0. The van der Waals surface area contributed by atoms with Crippen molar-refractivity contribution >= 4 is 17.8 Å². The Kier molecular flexibility index (Phi) is 6.96. The molecule has 1 aliphatic heterocycles. The van der Waals surface area contributed by atoms with Crippen LogP contribution < -0.4 is 10.6 Å². The molecule has 170 valence electrons. The molecule has 0 radical (unpaired) electrons. The molecule has 2 unspecified atom stereocenters. The molecule has 1 saturated heterocycles. The Morgan fingerprint density at radius 2 is 1.81 bits per heavy atom. The van der Waals surface area contributed by atoms with Gasteiger partial charge in [0.1, 0.15) is 17.9 Å². The summed E-state index contributed by atoms with van der Waals surface area (Å²) in [7, 11) is 0. The first-order chi connectivity index (χ1) is 15.2. The fraction of sp³-hybridized carbons (Fsp3) is 0.400. The predicted molar refractivity (Wildman–Crippen MR) is 120 cm³/mol. The number of hydrogen-bond donors (Lipinski definition) is 2. The molecule has 0 bridgehead atoms. The average molecular weight is 440 g/mol. The number of benzene rings is 2. The second kappa shape index (κ2) is 9.51. The van der Waals surface area contributed by atoms with E-state index in [2.05, 4.69) is 10.6 Å². The van der Waals surface area contributed by atoms with Crippen molar-refractivity contribution in [3.63, 3.8) is 0 Å². The van der Waals surface area contributed by atoms with Crippen LogP contribution in [0.2, 0.25) is 0 Å². The first-order valence-electron chi connectivity index (χ1n) is 10.9. The molecule has 0 aliphatic carbocycles. The molecule has 6 nitrogen and oxygen atoms in total. The van der Waals surface area contributed by atoms with Crippen molar-refractivity contribution < 1.29 is 18.8 Å². The van der Waals surface area contributed by atoms with Crippen LogP contribution in [-0.2, 0) is 15.1 Å². The number of carbonyl (C=O) groups excluding carboxylic acids is 3. The van der Waals surface area contributed by atoms with Crippen LogP contribution in [0.1, 0.15) is 61.4 Å². The van der Waals surface area contributed by atoms with Gasteiger partial charge in [-0.15, -0.1) is 0 Å². The minimum Gasteiger partial charge on any atom is -0.348 e. The highest BCUT2D eigenvalue weighted by molar-refractivity contribution is 6.09. The molecule has 2 aromatic rings. The quantitative estimate of drug-likeness (QED) is 0.604. The summed E-state index contributed by atoms with van der Waals surface area (Å²) in [4.78, 5) is 39.7. The third-order valence-corrected chi connectivity index (χ3v) is 6.13. The van der Waals surface area contributed by atoms with Gasteiger partial charge in [0.15, 0.2) is 0 Å². The van der Waals surface area contributed by atoms with E-state index < -0.39 is 29.2 Å². The van der Waals surface area contributed by atoms with Crippen LogP contribution in [0.3, 0.4) is 0 Å². The Labute approximate surface area is 188 Å². The first-order valence-corrected chi connectivity index (χ1v) is 10.9. The van der Waals surface area contributed by atoms with Gasteiger partial charge < -0.3 is 10.6 Å². The van der Waals surface area contributed by atoms with Crippen molar-refractivity contribution in [1.29, 1.82) is 0 Å². The number of amides is 4. The normalized spacial score (nSPS) is 19.1. The van der Waals surface area contributed by atoms with Crippen LogP contribution in [-0.4, -0.2) is 29.3 Å². The number of imide groups is 1. The highest BCUT2D eigenvalue weighted by atomic mass is 19.1. The Morgan fingerprint density at radius 1 is 1.12 bits per heavy atom. The molecule has 2 aromatic carbocycles. The summed E-state index contributed by atoms with van der Waals surface area (Å²) in [5, 5.41) is 5.64. The molecule has 1 heterocycles. The highest BCUT2D eigenvalue weighted by Gasteiger charge is 2.52. The molecular formula is C25H30FN3O3. The van der Waals surface area contributed by atoms with Crippen molar-refractivity contribution in [2.45, 2.75) is 58.5 Å². The molecule has 0 spiro atoms. The Hall–Kier alpha value is -3.22. The number of halogens is 1. The molecule has 2 N–H and O–H groups in total. The van der Waals surface area contributed by atoms with Crippen LogP contribution in [0.5, 0.6) is 0 Å². The molecule has 1 fully saturated rings. The predicted octanol–water partition coefficient (Wildman–Crippen LogP) is 4.26. The van der Waals surface area contributed by atoms with E-state index >= 15 is 0 Å². The van der Waals surface area contributed by atoms with Gasteiger partial charge in [0.25, 0.3) is 5.91 Å². The maximum Gasteiger partial charge on any atom is 0.325 e. The number of rotatable bonds is 8. The molecular weight excluding hydrogens is 409 g/mol. The summed E-state index contributed by atoms with van der Waals surface area (Å²) in [6.45, 7) is 7.49. The lowest BCUT2D eigenvalue weighted by Crippen LogP contribution is -2.45. The number of nitrogens with one attached hydrogen (secondary N) is 2. The zero-order valence-corrected chi connectivity index (χ0v) is 19.0. The fourth-order valence-corrected chi connectivity index (χ4v) is 4.00. The van der Waals surface area contributed by atoms with Gasteiger partial charge in [-0.25, -0.2) is 9.18 Å². The fourth-order valence-electron chi connectivity index (χ4n) is 4.00. The number of urea groups is 1. The molecule has 7 heteroatoms. The van der Waals surface area contributed by atoms with Gasteiger partial charge in [-0.05, 0) is 61.6 Å². The SMILES string of the molecule is CCCCC1(c2ccc(F)cc2)NC(=O)N(CC(=O)NC(C)c2ccc(C)c(C)c2)C1=O. The van der Waals surface area contributed by atoms with E-state index in [1.54, 1.807) is 0 Å². The summed E-state index contributed by atoms with van der Waals surface area (Å²) < 4.78 is 13.4. The van der Waals surface area contributed by atoms with Gasteiger partial charge in [0, 0.05) is 0 Å². The van der Waals surface area contributed by atoms with Crippen LogP contribution >= 0.6 is 0 Å². The lowest BCUT2D eigenvalue weighted by Gasteiger charge is -2.27. The van der Waals surface area contributed by atoms with Crippen LogP contribution in [0.15, 0.2) is 42.5 Å². The Balaban J connectivity index is 1.76. The van der Waals surface area contributed by atoms with E-state index in [1.165, 1.54) is 24.3 Å². The second-order valence-corrected chi connectivity index (χ2v) is 8.47. The van der Waals surface area contributed by atoms with Gasteiger partial charge in [-0.2, -0.15) is 0 Å². The van der Waals surface area contributed by atoms with Crippen molar-refractivity contribution in [3.05, 3.63) is 70.5 Å². The topological polar surface area (TPSA) is 78.5 Å². The number of nitrogens with zero attached hydrogens (tertiary/aromatic N) is 1. The zero-order valence-electron chi connectivity index (χ0n) is 19.0. The van der Waals surface area contributed by atoms with Gasteiger partial charge >= 0.3 is 6.03 Å². The third-order valence-electron chi connectivity index (χ3n) is 6.13. The largest absolute Gasteiger partial charge is 0.348 e. The average Bonchev–Trinajstić information content (AvgIpc) is 2.99. The second-order valence-electron chi connectivity index (χ2n) is 8.47. The molecule has 0 aromatic heterocycles. The number of carbonyl (C=O) groups is 3. The highest BCUT2D eigenvalue weighted by Crippen LogP contribution is 2.34. The maximum absolute atomic E-state index is 13.4. The van der Waals surface area contributed by atoms with Crippen molar-refractivity contribution in [2.24, 2.45) is 0 Å². The monoisotopic (exact) mass is 439 g/mol. The number of hydrogen-bond acceptors (Lipinski definition) is 3. The van der Waals surface area contributed by atoms with E-state index in [1.807, 2.05) is 45.9 Å².